The third kappa shape index (κ3) is 8.14. The van der Waals surface area contributed by atoms with Crippen molar-refractivity contribution in [3.05, 3.63) is 231 Å². The molecule has 0 bridgehead atoms. The first kappa shape index (κ1) is 46.2. The fourth-order valence-electron chi connectivity index (χ4n) is 11.9. The zero-order valence-electron chi connectivity index (χ0n) is 43.8. The summed E-state index contributed by atoms with van der Waals surface area (Å²) in [6.45, 7) is 30.3. The van der Waals surface area contributed by atoms with E-state index in [1.807, 2.05) is 19.9 Å². The van der Waals surface area contributed by atoms with Gasteiger partial charge in [-0.2, -0.15) is 0 Å². The van der Waals surface area contributed by atoms with Gasteiger partial charge in [-0.1, -0.05) is 166 Å². The van der Waals surface area contributed by atoms with Crippen molar-refractivity contribution in [2.75, 3.05) is 0 Å². The lowest BCUT2D eigenvalue weighted by molar-refractivity contribution is 1.06. The van der Waals surface area contributed by atoms with Crippen LogP contribution >= 0.6 is 0 Å². The standard InChI is InChI=1S/C69H57N5/c1-39-20-40(2)25-53(24-39)49-12-16-57-58-17-13-50(54-26-41(3)21-42(4)27-54)34-64(58)73(63(57)33-49)67-37-61(69-71-47(9)32-48(10)72-69)62(70-11)38-68(67)74-65-35-51(55-28-43(5)22-44(6)29-55)14-18-59(65)60-19-15-52(36-66(60)74)56-30-45(7)23-46(8)31-56/h12-38H,1-10H3. The smallest absolute Gasteiger partial charge is 0.200 e. The minimum atomic E-state index is 0.479. The Hall–Kier alpha value is -8.85. The van der Waals surface area contributed by atoms with Gasteiger partial charge in [-0.15, -0.1) is 0 Å². The van der Waals surface area contributed by atoms with E-state index in [4.69, 9.17) is 16.5 Å². The summed E-state index contributed by atoms with van der Waals surface area (Å²) in [6, 6.07) is 61.1. The van der Waals surface area contributed by atoms with E-state index in [-0.39, 0.29) is 0 Å². The maximum absolute atomic E-state index is 8.94. The van der Waals surface area contributed by atoms with Gasteiger partial charge in [0, 0.05) is 38.5 Å². The van der Waals surface area contributed by atoms with Gasteiger partial charge in [-0.25, -0.2) is 14.8 Å². The molecule has 358 valence electrons. The number of fused-ring (bicyclic) bond motifs is 6. The Morgan fingerprint density at radius 1 is 0.311 bits per heavy atom. The van der Waals surface area contributed by atoms with Crippen LogP contribution in [-0.4, -0.2) is 19.1 Å². The van der Waals surface area contributed by atoms with Crippen LogP contribution in [0.1, 0.15) is 55.9 Å². The number of aryl methyl sites for hydroxylation is 10. The van der Waals surface area contributed by atoms with E-state index in [0.29, 0.717) is 17.1 Å². The van der Waals surface area contributed by atoms with E-state index in [9.17, 15) is 0 Å². The predicted molar refractivity (Wildman–Crippen MR) is 312 cm³/mol. The SMILES string of the molecule is [C-]#[N+]c1cc(-n2c3cc(-c4cc(C)cc(C)c4)ccc3c3ccc(-c4cc(C)cc(C)c4)cc32)c(-n2c3cc(-c4cc(C)cc(C)c4)ccc3c3ccc(-c4cc(C)cc(C)c4)cc32)cc1-c1nc(C)cc(C)n1. The molecule has 5 heteroatoms. The van der Waals surface area contributed by atoms with Gasteiger partial charge in [0.2, 0.25) is 0 Å². The highest BCUT2D eigenvalue weighted by Crippen LogP contribution is 2.45. The molecule has 0 spiro atoms. The molecule has 3 aromatic heterocycles. The van der Waals surface area contributed by atoms with Crippen LogP contribution in [0.25, 0.3) is 116 Å². The molecular weight excluding hydrogens is 899 g/mol. The largest absolute Gasteiger partial charge is 0.308 e. The first-order valence-corrected chi connectivity index (χ1v) is 25.5. The lowest BCUT2D eigenvalue weighted by Crippen LogP contribution is -2.05. The van der Waals surface area contributed by atoms with Gasteiger partial charge in [0.05, 0.1) is 40.0 Å². The van der Waals surface area contributed by atoms with E-state index in [1.165, 1.54) is 66.8 Å². The first-order valence-electron chi connectivity index (χ1n) is 25.5. The summed E-state index contributed by atoms with van der Waals surface area (Å²) in [7, 11) is 0. The quantitative estimate of drug-likeness (QED) is 0.149. The van der Waals surface area contributed by atoms with Crippen molar-refractivity contribution in [3.63, 3.8) is 0 Å². The second-order valence-corrected chi connectivity index (χ2v) is 21.0. The molecule has 0 N–H and O–H groups in total. The zero-order valence-corrected chi connectivity index (χ0v) is 43.8. The van der Waals surface area contributed by atoms with Gasteiger partial charge in [0.15, 0.2) is 5.69 Å². The molecule has 12 rings (SSSR count). The summed E-state index contributed by atoms with van der Waals surface area (Å²) in [6.07, 6.45) is 0. The van der Waals surface area contributed by atoms with Crippen LogP contribution in [0.5, 0.6) is 0 Å². The minimum absolute atomic E-state index is 0.479. The Bertz CT molecular complexity index is 4060. The van der Waals surface area contributed by atoms with Gasteiger partial charge in [-0.05, 0) is 156 Å². The lowest BCUT2D eigenvalue weighted by atomic mass is 9.98. The molecule has 12 aromatic rings. The molecule has 0 aliphatic carbocycles. The van der Waals surface area contributed by atoms with Gasteiger partial charge < -0.3 is 9.13 Å². The van der Waals surface area contributed by atoms with Gasteiger partial charge in [0.1, 0.15) is 5.82 Å². The summed E-state index contributed by atoms with van der Waals surface area (Å²) >= 11 is 0. The normalized spacial score (nSPS) is 11.6. The molecule has 74 heavy (non-hydrogen) atoms. The first-order chi connectivity index (χ1) is 35.6. The topological polar surface area (TPSA) is 40.0 Å². The maximum Gasteiger partial charge on any atom is 0.200 e. The number of aromatic nitrogens is 4. The van der Waals surface area contributed by atoms with Crippen LogP contribution in [0.2, 0.25) is 0 Å². The van der Waals surface area contributed by atoms with Gasteiger partial charge in [-0.3, -0.25) is 0 Å². The molecule has 0 fully saturated rings. The lowest BCUT2D eigenvalue weighted by Gasteiger charge is -2.20. The van der Waals surface area contributed by atoms with Crippen LogP contribution in [0, 0.1) is 75.8 Å². The van der Waals surface area contributed by atoms with Crippen molar-refractivity contribution in [2.24, 2.45) is 0 Å². The highest BCUT2D eigenvalue weighted by molar-refractivity contribution is 6.14. The van der Waals surface area contributed by atoms with Crippen LogP contribution in [0.15, 0.2) is 164 Å². The van der Waals surface area contributed by atoms with E-state index < -0.39 is 0 Å². The molecule has 0 atom stereocenters. The van der Waals surface area contributed by atoms with E-state index >= 15 is 0 Å². The van der Waals surface area contributed by atoms with Gasteiger partial charge in [0.25, 0.3) is 0 Å². The molecule has 0 unspecified atom stereocenters. The van der Waals surface area contributed by atoms with Crippen LogP contribution in [0.3, 0.4) is 0 Å². The van der Waals surface area contributed by atoms with Gasteiger partial charge >= 0.3 is 0 Å². The predicted octanol–water partition coefficient (Wildman–Crippen LogP) is 18.6. The molecule has 3 heterocycles. The Morgan fingerprint density at radius 3 is 0.878 bits per heavy atom. The number of rotatable bonds is 7. The fourth-order valence-corrected chi connectivity index (χ4v) is 11.9. The zero-order chi connectivity index (χ0) is 51.3. The van der Waals surface area contributed by atoms with E-state index in [2.05, 4.69) is 227 Å². The highest BCUT2D eigenvalue weighted by atomic mass is 15.1. The Kier molecular flexibility index (Phi) is 11.1. The molecule has 0 radical (unpaired) electrons. The molecule has 0 amide bonds. The molecule has 0 saturated carbocycles. The average Bonchev–Trinajstić information content (AvgIpc) is 3.87. The fraction of sp³-hybridized carbons (Fsp3) is 0.145. The summed E-state index contributed by atoms with van der Waals surface area (Å²) < 4.78 is 4.88. The molecular formula is C69H57N5. The second kappa shape index (κ2) is 17.7. The molecule has 9 aromatic carbocycles. The van der Waals surface area contributed by atoms with Crippen molar-refractivity contribution in [1.82, 2.24) is 19.1 Å². The Morgan fingerprint density at radius 2 is 0.595 bits per heavy atom. The van der Waals surface area contributed by atoms with Crippen LogP contribution in [-0.2, 0) is 0 Å². The van der Waals surface area contributed by atoms with E-state index in [1.54, 1.807) is 0 Å². The molecule has 0 aliphatic rings. The minimum Gasteiger partial charge on any atom is -0.308 e. The van der Waals surface area contributed by atoms with Crippen molar-refractivity contribution >= 4 is 49.3 Å². The molecule has 0 saturated heterocycles. The van der Waals surface area contributed by atoms with Crippen molar-refractivity contribution in [2.45, 2.75) is 69.2 Å². The van der Waals surface area contributed by atoms with Crippen LogP contribution < -0.4 is 0 Å². The third-order valence-electron chi connectivity index (χ3n) is 14.7. The maximum atomic E-state index is 8.94. The summed E-state index contributed by atoms with van der Waals surface area (Å²) in [5.74, 6) is 0.533. The second-order valence-electron chi connectivity index (χ2n) is 21.0. The Balaban J connectivity index is 1.27. The summed E-state index contributed by atoms with van der Waals surface area (Å²) in [5, 5.41) is 4.55. The number of hydrogen-bond acceptors (Lipinski definition) is 2. The summed E-state index contributed by atoms with van der Waals surface area (Å²) in [5.41, 5.74) is 27.9. The van der Waals surface area contributed by atoms with E-state index in [0.717, 1.165) is 88.6 Å². The third-order valence-corrected chi connectivity index (χ3v) is 14.7. The average molecular weight is 956 g/mol. The monoisotopic (exact) mass is 955 g/mol. The molecule has 5 nitrogen and oxygen atoms in total. The van der Waals surface area contributed by atoms with Crippen molar-refractivity contribution in [3.8, 4) is 67.3 Å². The molecule has 0 aliphatic heterocycles. The number of benzene rings is 9. The van der Waals surface area contributed by atoms with Crippen molar-refractivity contribution < 1.29 is 0 Å². The number of hydrogen-bond donors (Lipinski definition) is 0. The van der Waals surface area contributed by atoms with Crippen molar-refractivity contribution in [1.29, 1.82) is 0 Å². The highest BCUT2D eigenvalue weighted by Gasteiger charge is 2.25. The Labute approximate surface area is 433 Å². The van der Waals surface area contributed by atoms with Crippen LogP contribution in [0.4, 0.5) is 5.69 Å². The number of nitrogens with zero attached hydrogens (tertiary/aromatic N) is 5. The summed E-state index contributed by atoms with van der Waals surface area (Å²) in [4.78, 5) is 14.4.